The fraction of sp³-hybridized carbons (Fsp3) is 0.136. The van der Waals surface area contributed by atoms with Crippen molar-refractivity contribution in [3.05, 3.63) is 86.9 Å². The summed E-state index contributed by atoms with van der Waals surface area (Å²) in [4.78, 5) is 12.9. The summed E-state index contributed by atoms with van der Waals surface area (Å²) in [5.41, 5.74) is 1.96. The first-order chi connectivity index (χ1) is 14.6. The van der Waals surface area contributed by atoms with Crippen LogP contribution in [0.2, 0.25) is 15.1 Å². The third-order valence-corrected chi connectivity index (χ3v) is 7.44. The number of para-hydroxylation sites is 1. The normalized spacial score (nSPS) is 11.3. The molecule has 0 saturated heterocycles. The summed E-state index contributed by atoms with van der Waals surface area (Å²) in [6, 6.07) is 16.1. The minimum atomic E-state index is -4.07. The molecule has 0 aliphatic heterocycles. The molecule has 0 fully saturated rings. The molecule has 5 nitrogen and oxygen atoms in total. The van der Waals surface area contributed by atoms with E-state index in [1.807, 2.05) is 6.92 Å². The van der Waals surface area contributed by atoms with Gasteiger partial charge in [-0.25, -0.2) is 8.42 Å². The number of anilines is 2. The number of aryl methyl sites for hydroxylation is 1. The summed E-state index contributed by atoms with van der Waals surface area (Å²) in [5.74, 6) is -0.606. The summed E-state index contributed by atoms with van der Waals surface area (Å²) in [7, 11) is -4.07. The van der Waals surface area contributed by atoms with E-state index in [9.17, 15) is 13.2 Å². The lowest BCUT2D eigenvalue weighted by Gasteiger charge is -2.26. The highest BCUT2D eigenvalue weighted by Gasteiger charge is 2.29. The molecule has 3 aromatic carbocycles. The van der Waals surface area contributed by atoms with E-state index in [4.69, 9.17) is 34.8 Å². The molecule has 0 atom stereocenters. The standard InChI is InChI=1S/C22H19Cl3N2O3S/c1-14-9-11-16(12-10-14)31(29,30)27(20-8-4-5-17(23)15(20)2)13-21(28)26-22-18(24)6-3-7-19(22)25/h3-12H,13H2,1-2H3,(H,26,28). The van der Waals surface area contributed by atoms with Crippen molar-refractivity contribution < 1.29 is 13.2 Å². The number of nitrogens with one attached hydrogen (secondary N) is 1. The van der Waals surface area contributed by atoms with Crippen LogP contribution in [0, 0.1) is 13.8 Å². The van der Waals surface area contributed by atoms with E-state index in [0.717, 1.165) is 9.87 Å². The minimum absolute atomic E-state index is 0.0565. The second-order valence-corrected chi connectivity index (χ2v) is 9.94. The van der Waals surface area contributed by atoms with E-state index in [0.29, 0.717) is 16.3 Å². The predicted molar refractivity (Wildman–Crippen MR) is 127 cm³/mol. The van der Waals surface area contributed by atoms with E-state index < -0.39 is 22.5 Å². The number of nitrogens with zero attached hydrogens (tertiary/aromatic N) is 1. The molecule has 0 aliphatic rings. The van der Waals surface area contributed by atoms with Crippen LogP contribution in [-0.2, 0) is 14.8 Å². The zero-order valence-corrected chi connectivity index (χ0v) is 19.8. The minimum Gasteiger partial charge on any atom is -0.322 e. The van der Waals surface area contributed by atoms with Crippen LogP contribution in [0.1, 0.15) is 11.1 Å². The van der Waals surface area contributed by atoms with E-state index >= 15 is 0 Å². The Bertz CT molecular complexity index is 1210. The molecule has 0 heterocycles. The Labute approximate surface area is 196 Å². The van der Waals surface area contributed by atoms with Gasteiger partial charge in [0.05, 0.1) is 26.3 Å². The van der Waals surface area contributed by atoms with Crippen molar-refractivity contribution in [3.63, 3.8) is 0 Å². The van der Waals surface area contributed by atoms with Gasteiger partial charge in [-0.2, -0.15) is 0 Å². The first-order valence-corrected chi connectivity index (χ1v) is 11.8. The van der Waals surface area contributed by atoms with Gasteiger partial charge in [-0.1, -0.05) is 64.6 Å². The average molecular weight is 498 g/mol. The molecule has 9 heteroatoms. The third kappa shape index (κ3) is 5.15. The first-order valence-electron chi connectivity index (χ1n) is 9.19. The Morgan fingerprint density at radius 2 is 1.42 bits per heavy atom. The smallest absolute Gasteiger partial charge is 0.264 e. The van der Waals surface area contributed by atoms with Crippen LogP contribution in [0.25, 0.3) is 0 Å². The van der Waals surface area contributed by atoms with Crippen LogP contribution in [-0.4, -0.2) is 20.9 Å². The van der Waals surface area contributed by atoms with E-state index in [2.05, 4.69) is 5.32 Å². The Balaban J connectivity index is 2.03. The number of hydrogen-bond donors (Lipinski definition) is 1. The molecular formula is C22H19Cl3N2O3S. The van der Waals surface area contributed by atoms with E-state index in [1.54, 1.807) is 55.5 Å². The number of benzene rings is 3. The van der Waals surface area contributed by atoms with Gasteiger partial charge in [-0.3, -0.25) is 9.10 Å². The Kier molecular flexibility index (Phi) is 7.17. The second-order valence-electron chi connectivity index (χ2n) is 6.85. The van der Waals surface area contributed by atoms with Gasteiger partial charge in [0.1, 0.15) is 6.54 Å². The van der Waals surface area contributed by atoms with Gasteiger partial charge in [0, 0.05) is 5.02 Å². The Morgan fingerprint density at radius 3 is 2.03 bits per heavy atom. The van der Waals surface area contributed by atoms with Gasteiger partial charge in [-0.05, 0) is 55.8 Å². The first kappa shape index (κ1) is 23.4. The summed E-state index contributed by atoms with van der Waals surface area (Å²) >= 11 is 18.5. The summed E-state index contributed by atoms with van der Waals surface area (Å²) in [5, 5.41) is 3.48. The predicted octanol–water partition coefficient (Wildman–Crippen LogP) is 6.10. The molecule has 0 bridgehead atoms. The molecule has 0 aliphatic carbocycles. The van der Waals surface area contributed by atoms with Crippen molar-refractivity contribution in [2.45, 2.75) is 18.7 Å². The maximum atomic E-state index is 13.5. The zero-order chi connectivity index (χ0) is 22.8. The van der Waals surface area contributed by atoms with Gasteiger partial charge < -0.3 is 5.32 Å². The summed E-state index contributed by atoms with van der Waals surface area (Å²) in [6.45, 7) is 3.05. The molecule has 162 valence electrons. The molecule has 3 aromatic rings. The molecule has 0 unspecified atom stereocenters. The van der Waals surface area contributed by atoms with Gasteiger partial charge in [-0.15, -0.1) is 0 Å². The monoisotopic (exact) mass is 496 g/mol. The molecule has 1 N–H and O–H groups in total. The van der Waals surface area contributed by atoms with Gasteiger partial charge >= 0.3 is 0 Å². The number of rotatable bonds is 6. The number of halogens is 3. The largest absolute Gasteiger partial charge is 0.322 e. The third-order valence-electron chi connectivity index (χ3n) is 4.63. The van der Waals surface area contributed by atoms with Gasteiger partial charge in [0.2, 0.25) is 5.91 Å². The number of carbonyl (C=O) groups excluding carboxylic acids is 1. The average Bonchev–Trinajstić information content (AvgIpc) is 2.72. The molecule has 0 aromatic heterocycles. The fourth-order valence-corrected chi connectivity index (χ4v) is 5.07. The quantitative estimate of drug-likeness (QED) is 0.447. The van der Waals surface area contributed by atoms with Crippen molar-refractivity contribution >= 4 is 62.1 Å². The lowest BCUT2D eigenvalue weighted by atomic mass is 10.2. The number of hydrogen-bond acceptors (Lipinski definition) is 3. The van der Waals surface area contributed by atoms with Crippen LogP contribution in [0.3, 0.4) is 0 Å². The SMILES string of the molecule is Cc1ccc(S(=O)(=O)N(CC(=O)Nc2c(Cl)cccc2Cl)c2cccc(Cl)c2C)cc1. The number of sulfonamides is 1. The molecule has 0 saturated carbocycles. The van der Waals surface area contributed by atoms with Crippen LogP contribution >= 0.6 is 34.8 Å². The van der Waals surface area contributed by atoms with Crippen molar-refractivity contribution in [1.29, 1.82) is 0 Å². The highest BCUT2D eigenvalue weighted by molar-refractivity contribution is 7.92. The maximum Gasteiger partial charge on any atom is 0.264 e. The Hall–Kier alpha value is -2.25. The van der Waals surface area contributed by atoms with E-state index in [-0.39, 0.29) is 20.6 Å². The van der Waals surface area contributed by atoms with Crippen LogP contribution in [0.5, 0.6) is 0 Å². The highest BCUT2D eigenvalue weighted by Crippen LogP contribution is 2.32. The summed E-state index contributed by atoms with van der Waals surface area (Å²) < 4.78 is 28.0. The maximum absolute atomic E-state index is 13.5. The summed E-state index contributed by atoms with van der Waals surface area (Å²) in [6.07, 6.45) is 0. The van der Waals surface area contributed by atoms with Crippen molar-refractivity contribution in [1.82, 2.24) is 0 Å². The highest BCUT2D eigenvalue weighted by atomic mass is 35.5. The molecule has 0 spiro atoms. The lowest BCUT2D eigenvalue weighted by molar-refractivity contribution is -0.114. The second kappa shape index (κ2) is 9.49. The van der Waals surface area contributed by atoms with E-state index in [1.165, 1.54) is 12.1 Å². The molecule has 0 radical (unpaired) electrons. The molecule has 3 rings (SSSR count). The molecule has 31 heavy (non-hydrogen) atoms. The molecule has 1 amide bonds. The van der Waals surface area contributed by atoms with Crippen LogP contribution < -0.4 is 9.62 Å². The zero-order valence-electron chi connectivity index (χ0n) is 16.7. The molecular weight excluding hydrogens is 479 g/mol. The van der Waals surface area contributed by atoms with Crippen LogP contribution in [0.4, 0.5) is 11.4 Å². The van der Waals surface area contributed by atoms with Gasteiger partial charge in [0.15, 0.2) is 0 Å². The van der Waals surface area contributed by atoms with Crippen LogP contribution in [0.15, 0.2) is 65.6 Å². The Morgan fingerprint density at radius 1 is 0.871 bits per heavy atom. The van der Waals surface area contributed by atoms with Crippen molar-refractivity contribution in [2.24, 2.45) is 0 Å². The number of carbonyl (C=O) groups is 1. The van der Waals surface area contributed by atoms with Crippen molar-refractivity contribution in [3.8, 4) is 0 Å². The van der Waals surface area contributed by atoms with Crippen molar-refractivity contribution in [2.75, 3.05) is 16.2 Å². The number of amides is 1. The topological polar surface area (TPSA) is 66.5 Å². The van der Waals surface area contributed by atoms with Gasteiger partial charge in [0.25, 0.3) is 10.0 Å². The lowest BCUT2D eigenvalue weighted by Crippen LogP contribution is -2.38. The fourth-order valence-electron chi connectivity index (χ4n) is 2.93.